The van der Waals surface area contributed by atoms with E-state index in [0.29, 0.717) is 0 Å². The van der Waals surface area contributed by atoms with E-state index in [0.717, 1.165) is 22.4 Å². The van der Waals surface area contributed by atoms with Crippen LogP contribution in [-0.2, 0) is 16.5 Å². The number of para-hydroxylation sites is 2. The summed E-state index contributed by atoms with van der Waals surface area (Å²) in [6.45, 7) is 4.01. The minimum absolute atomic E-state index is 0.586. The first-order valence-electron chi connectivity index (χ1n) is 8.04. The molecule has 0 N–H and O–H groups in total. The number of pyridine rings is 2. The van der Waals surface area contributed by atoms with Crippen LogP contribution in [-0.4, -0.2) is 9.97 Å². The van der Waals surface area contributed by atoms with Crippen LogP contribution in [0.15, 0.2) is 72.8 Å². The van der Waals surface area contributed by atoms with Crippen molar-refractivity contribution in [2.45, 2.75) is 13.8 Å². The monoisotopic (exact) mass is 514 g/mol. The van der Waals surface area contributed by atoms with Gasteiger partial charge < -0.3 is 21.0 Å². The molecule has 0 atom stereocenters. The molecular formula is C20H18Cl2MoN4O2-2. The fourth-order valence-electron chi connectivity index (χ4n) is 2.34. The number of hydrogen-bond donors (Lipinski definition) is 0. The molecule has 9 heteroatoms. The Kier molecular flexibility index (Phi) is 15.4. The molecule has 4 rings (SSSR count). The van der Waals surface area contributed by atoms with Crippen molar-refractivity contribution in [3.63, 3.8) is 0 Å². The summed E-state index contributed by atoms with van der Waals surface area (Å²) in [6, 6.07) is 24.5. The molecule has 0 spiro atoms. The van der Waals surface area contributed by atoms with Gasteiger partial charge in [0.2, 0.25) is 0 Å². The predicted octanol–water partition coefficient (Wildman–Crippen LogP) is 7.11. The molecule has 152 valence electrons. The van der Waals surface area contributed by atoms with Crippen LogP contribution < -0.4 is 0 Å². The minimum atomic E-state index is -0.586. The Labute approximate surface area is 185 Å². The van der Waals surface area contributed by atoms with Crippen LogP contribution in [0.25, 0.3) is 33.0 Å². The number of benzene rings is 2. The second kappa shape index (κ2) is 16.7. The van der Waals surface area contributed by atoms with E-state index >= 15 is 0 Å². The van der Waals surface area contributed by atoms with Gasteiger partial charge >= 0.3 is 35.3 Å². The van der Waals surface area contributed by atoms with Crippen LogP contribution >= 0.6 is 18.8 Å². The third kappa shape index (κ3) is 10.2. The molecule has 6 nitrogen and oxygen atoms in total. The maximum atomic E-state index is 7.25. The van der Waals surface area contributed by atoms with Gasteiger partial charge in [-0.15, -0.1) is 0 Å². The van der Waals surface area contributed by atoms with Gasteiger partial charge in [-0.2, -0.15) is 0 Å². The molecule has 0 amide bonds. The third-order valence-electron chi connectivity index (χ3n) is 3.48. The van der Waals surface area contributed by atoms with Crippen molar-refractivity contribution in [1.82, 2.24) is 9.97 Å². The van der Waals surface area contributed by atoms with Gasteiger partial charge in [0.25, 0.3) is 0 Å². The molecule has 0 aliphatic rings. The summed E-state index contributed by atoms with van der Waals surface area (Å²) in [5.41, 5.74) is 15.8. The van der Waals surface area contributed by atoms with Gasteiger partial charge in [-0.25, -0.2) is 0 Å². The van der Waals surface area contributed by atoms with Crippen LogP contribution in [0.1, 0.15) is 11.4 Å². The average molecular weight is 513 g/mol. The van der Waals surface area contributed by atoms with Gasteiger partial charge in [0.05, 0.1) is 11.0 Å². The van der Waals surface area contributed by atoms with Crippen molar-refractivity contribution in [3.8, 4) is 0 Å². The number of nitrogens with zero attached hydrogens (tertiary/aromatic N) is 4. The Morgan fingerprint density at radius 1 is 0.621 bits per heavy atom. The topological polar surface area (TPSA) is 105 Å². The minimum Gasteiger partial charge on any atom is -0.577 e. The molecule has 29 heavy (non-hydrogen) atoms. The molecule has 0 saturated heterocycles. The van der Waals surface area contributed by atoms with Crippen molar-refractivity contribution in [3.05, 3.63) is 105 Å². The number of aryl methyl sites for hydroxylation is 2. The van der Waals surface area contributed by atoms with E-state index in [1.54, 1.807) is 0 Å². The summed E-state index contributed by atoms with van der Waals surface area (Å²) < 4.78 is 0. The van der Waals surface area contributed by atoms with E-state index in [1.807, 2.05) is 62.4 Å². The van der Waals surface area contributed by atoms with E-state index in [4.69, 9.17) is 39.8 Å². The van der Waals surface area contributed by atoms with Gasteiger partial charge in [0.1, 0.15) is 0 Å². The number of fused-ring (bicyclic) bond motifs is 2. The third-order valence-corrected chi connectivity index (χ3v) is 3.48. The zero-order chi connectivity index (χ0) is 22.1. The molecule has 0 saturated carbocycles. The van der Waals surface area contributed by atoms with Crippen LogP contribution in [0.4, 0.5) is 0 Å². The molecule has 2 aromatic carbocycles. The fourth-order valence-corrected chi connectivity index (χ4v) is 2.34. The normalized spacial score (nSPS) is 8.69. The Balaban J connectivity index is 0.000000416. The average Bonchev–Trinajstić information content (AvgIpc) is 2.77. The van der Waals surface area contributed by atoms with Crippen molar-refractivity contribution < 1.29 is 16.5 Å². The first-order valence-corrected chi connectivity index (χ1v) is 13.2. The van der Waals surface area contributed by atoms with E-state index in [2.05, 4.69) is 34.2 Å². The van der Waals surface area contributed by atoms with Crippen LogP contribution in [0.2, 0.25) is 0 Å². The smallest absolute Gasteiger partial charge is 0.423 e. The summed E-state index contributed by atoms with van der Waals surface area (Å²) >= 11 is -0.586. The Hall–Kier alpha value is -2.27. The van der Waals surface area contributed by atoms with E-state index in [1.165, 1.54) is 10.8 Å². The molecule has 0 aliphatic heterocycles. The summed E-state index contributed by atoms with van der Waals surface area (Å²) in [5.74, 6) is 0. The molecule has 0 aliphatic carbocycles. The van der Waals surface area contributed by atoms with Crippen molar-refractivity contribution >= 4 is 40.6 Å². The molecule has 2 heterocycles. The maximum absolute atomic E-state index is 7.25. The zero-order valence-electron chi connectivity index (χ0n) is 15.7. The second-order valence-corrected chi connectivity index (χ2v) is 8.40. The number of aromatic nitrogens is 2. The van der Waals surface area contributed by atoms with Gasteiger partial charge in [0, 0.05) is 22.2 Å². The van der Waals surface area contributed by atoms with Gasteiger partial charge in [-0.1, -0.05) is 48.5 Å². The van der Waals surface area contributed by atoms with Crippen LogP contribution in [0.5, 0.6) is 0 Å². The first-order chi connectivity index (χ1) is 14.1. The van der Waals surface area contributed by atoms with Crippen LogP contribution in [0, 0.1) is 23.7 Å². The number of nitroso groups, excluding NO2 is 2. The maximum Gasteiger partial charge on any atom is -0.423 e. The Bertz CT molecular complexity index is 913. The van der Waals surface area contributed by atoms with E-state index in [9.17, 15) is 0 Å². The zero-order valence-corrected chi connectivity index (χ0v) is 19.2. The fraction of sp³-hybridized carbons (Fsp3) is 0.100. The SMILES string of the molecule is Cc1ccc2ccccc2n1.Cc1ccc2ccccc2n1.[Cl][Mo][Cl].[N-]=O.[N-]=O. The predicted molar refractivity (Wildman–Crippen MR) is 118 cm³/mol. The molecular weight excluding hydrogens is 495 g/mol. The van der Waals surface area contributed by atoms with E-state index in [-0.39, 0.29) is 0 Å². The molecule has 0 radical (unpaired) electrons. The van der Waals surface area contributed by atoms with E-state index < -0.39 is 16.5 Å². The summed E-state index contributed by atoms with van der Waals surface area (Å²) in [4.78, 5) is 23.3. The molecule has 0 unspecified atom stereocenters. The molecule has 0 bridgehead atoms. The summed E-state index contributed by atoms with van der Waals surface area (Å²) in [6.07, 6.45) is 0. The summed E-state index contributed by atoms with van der Waals surface area (Å²) in [5, 5.41) is 2.41. The first kappa shape index (κ1) is 26.7. The number of halogens is 2. The number of hydrogen-bond acceptors (Lipinski definition) is 4. The molecule has 4 aromatic rings. The Morgan fingerprint density at radius 3 is 1.28 bits per heavy atom. The van der Waals surface area contributed by atoms with Gasteiger partial charge in [0.15, 0.2) is 0 Å². The molecule has 2 aromatic heterocycles. The van der Waals surface area contributed by atoms with Crippen molar-refractivity contribution in [2.75, 3.05) is 0 Å². The summed E-state index contributed by atoms with van der Waals surface area (Å²) in [7, 11) is 9.79. The van der Waals surface area contributed by atoms with Crippen molar-refractivity contribution in [1.29, 1.82) is 0 Å². The van der Waals surface area contributed by atoms with Gasteiger partial charge in [-0.05, 0) is 38.1 Å². The van der Waals surface area contributed by atoms with Crippen molar-refractivity contribution in [2.24, 2.45) is 0 Å². The van der Waals surface area contributed by atoms with Gasteiger partial charge in [-0.3, -0.25) is 9.97 Å². The standard InChI is InChI=1S/2C10H9N.2ClH.Mo.2NO/c2*1-8-6-7-9-4-2-3-5-10(9)11-8;;;;2*1-2/h2*2-7H,1H3;2*1H;;;/q;;;;+2;2*-1/p-2. The second-order valence-electron chi connectivity index (χ2n) is 5.35. The quantitative estimate of drug-likeness (QED) is 0.234. The number of rotatable bonds is 0. The Morgan fingerprint density at radius 2 is 0.931 bits per heavy atom. The van der Waals surface area contributed by atoms with Crippen LogP contribution in [0.3, 0.4) is 0 Å². The molecule has 0 fully saturated rings. The largest absolute Gasteiger partial charge is 0.577 e.